The predicted octanol–water partition coefficient (Wildman–Crippen LogP) is 4.27. The molecule has 4 nitrogen and oxygen atoms in total. The van der Waals surface area contributed by atoms with Crippen molar-refractivity contribution in [2.75, 3.05) is 5.73 Å². The molecule has 0 amide bonds. The summed E-state index contributed by atoms with van der Waals surface area (Å²) in [5, 5.41) is 0. The van der Waals surface area contributed by atoms with Crippen LogP contribution >= 0.6 is 0 Å². The Morgan fingerprint density at radius 2 is 1.96 bits per heavy atom. The fourth-order valence-electron chi connectivity index (χ4n) is 3.45. The minimum atomic E-state index is 0.176. The molecule has 1 aliphatic carbocycles. The average molecular weight is 313 g/mol. The number of anilines is 1. The number of benzene rings is 1. The monoisotopic (exact) mass is 313 g/mol. The molecule has 0 aliphatic heterocycles. The number of nitrogens with zero attached hydrogens (tertiary/aromatic N) is 2. The van der Waals surface area contributed by atoms with E-state index in [1.54, 1.807) is 0 Å². The standard InChI is InChI=1S/C19H27N3O/c20-17-7-10-18(11-8-17)23-19(14-22-13-12-21-15-22)9-6-16-4-2-1-3-5-16/h7-8,10-13,15-16,19H,1-6,9,14,20H2. The SMILES string of the molecule is Nc1ccc(OC(CCC2CCCCC2)Cn2ccnc2)cc1. The Labute approximate surface area is 138 Å². The molecule has 1 atom stereocenters. The van der Waals surface area contributed by atoms with Crippen molar-refractivity contribution in [2.45, 2.75) is 57.6 Å². The van der Waals surface area contributed by atoms with E-state index in [1.165, 1.54) is 38.5 Å². The molecule has 1 aromatic heterocycles. The second-order valence-electron chi connectivity index (χ2n) is 6.65. The summed E-state index contributed by atoms with van der Waals surface area (Å²) in [7, 11) is 0. The highest BCUT2D eigenvalue weighted by Gasteiger charge is 2.18. The molecule has 124 valence electrons. The van der Waals surface area contributed by atoms with Gasteiger partial charge in [-0.05, 0) is 43.0 Å². The molecule has 2 aromatic rings. The highest BCUT2D eigenvalue weighted by Crippen LogP contribution is 2.28. The zero-order chi connectivity index (χ0) is 15.9. The fraction of sp³-hybridized carbons (Fsp3) is 0.526. The molecule has 1 aliphatic rings. The number of imidazole rings is 1. The first-order valence-corrected chi connectivity index (χ1v) is 8.77. The third-order valence-corrected chi connectivity index (χ3v) is 4.78. The van der Waals surface area contributed by atoms with E-state index in [2.05, 4.69) is 9.55 Å². The van der Waals surface area contributed by atoms with Crippen molar-refractivity contribution in [3.8, 4) is 5.75 Å². The Morgan fingerprint density at radius 3 is 2.65 bits per heavy atom. The number of rotatable bonds is 7. The minimum absolute atomic E-state index is 0.176. The van der Waals surface area contributed by atoms with Crippen molar-refractivity contribution in [3.63, 3.8) is 0 Å². The van der Waals surface area contributed by atoms with Crippen LogP contribution in [-0.2, 0) is 6.54 Å². The Bertz CT molecular complexity index is 559. The maximum Gasteiger partial charge on any atom is 0.119 e. The van der Waals surface area contributed by atoms with E-state index in [0.29, 0.717) is 0 Å². The number of ether oxygens (including phenoxy) is 1. The number of hydrogen-bond donors (Lipinski definition) is 1. The molecular formula is C19H27N3O. The van der Waals surface area contributed by atoms with Crippen molar-refractivity contribution in [1.82, 2.24) is 9.55 Å². The first kappa shape index (κ1) is 15.9. The molecule has 2 N–H and O–H groups in total. The van der Waals surface area contributed by atoms with E-state index in [0.717, 1.165) is 30.3 Å². The van der Waals surface area contributed by atoms with E-state index < -0.39 is 0 Å². The van der Waals surface area contributed by atoms with Gasteiger partial charge < -0.3 is 15.0 Å². The lowest BCUT2D eigenvalue weighted by atomic mass is 9.85. The Morgan fingerprint density at radius 1 is 1.17 bits per heavy atom. The molecule has 0 bridgehead atoms. The number of aromatic nitrogens is 2. The van der Waals surface area contributed by atoms with Crippen LogP contribution in [0.2, 0.25) is 0 Å². The van der Waals surface area contributed by atoms with Crippen molar-refractivity contribution in [3.05, 3.63) is 43.0 Å². The number of nitrogen functional groups attached to an aromatic ring is 1. The summed E-state index contributed by atoms with van der Waals surface area (Å²) < 4.78 is 8.33. The lowest BCUT2D eigenvalue weighted by Crippen LogP contribution is -2.24. The fourth-order valence-corrected chi connectivity index (χ4v) is 3.45. The second kappa shape index (κ2) is 8.04. The maximum absolute atomic E-state index is 6.23. The van der Waals surface area contributed by atoms with Crippen LogP contribution in [0.5, 0.6) is 5.75 Å². The lowest BCUT2D eigenvalue weighted by Gasteiger charge is -2.25. The largest absolute Gasteiger partial charge is 0.489 e. The van der Waals surface area contributed by atoms with Crippen LogP contribution in [0.4, 0.5) is 5.69 Å². The first-order chi connectivity index (χ1) is 11.3. The Kier molecular flexibility index (Phi) is 5.56. The van der Waals surface area contributed by atoms with Crippen LogP contribution in [0.1, 0.15) is 44.9 Å². The average Bonchev–Trinajstić information content (AvgIpc) is 3.09. The highest BCUT2D eigenvalue weighted by molar-refractivity contribution is 5.41. The van der Waals surface area contributed by atoms with Crippen LogP contribution in [0.15, 0.2) is 43.0 Å². The van der Waals surface area contributed by atoms with Crippen molar-refractivity contribution in [2.24, 2.45) is 5.92 Å². The summed E-state index contributed by atoms with van der Waals surface area (Å²) in [6.07, 6.45) is 15.2. The van der Waals surface area contributed by atoms with Crippen molar-refractivity contribution >= 4 is 5.69 Å². The van der Waals surface area contributed by atoms with E-state index in [4.69, 9.17) is 10.5 Å². The van der Waals surface area contributed by atoms with E-state index in [9.17, 15) is 0 Å². The highest BCUT2D eigenvalue weighted by atomic mass is 16.5. The number of nitrogens with two attached hydrogens (primary N) is 1. The van der Waals surface area contributed by atoms with Gasteiger partial charge in [0.15, 0.2) is 0 Å². The van der Waals surface area contributed by atoms with Crippen LogP contribution in [0.25, 0.3) is 0 Å². The van der Waals surface area contributed by atoms with Gasteiger partial charge >= 0.3 is 0 Å². The van der Waals surface area contributed by atoms with Gasteiger partial charge in [0.2, 0.25) is 0 Å². The molecule has 3 rings (SSSR count). The van der Waals surface area contributed by atoms with Crippen LogP contribution < -0.4 is 10.5 Å². The van der Waals surface area contributed by atoms with E-state index in [-0.39, 0.29) is 6.10 Å². The van der Waals surface area contributed by atoms with Crippen molar-refractivity contribution in [1.29, 1.82) is 0 Å². The first-order valence-electron chi connectivity index (χ1n) is 8.77. The third kappa shape index (κ3) is 5.02. The smallest absolute Gasteiger partial charge is 0.119 e. The summed E-state index contributed by atoms with van der Waals surface area (Å²) in [6.45, 7) is 0.844. The molecular weight excluding hydrogens is 286 g/mol. The molecule has 1 unspecified atom stereocenters. The summed E-state index contributed by atoms with van der Waals surface area (Å²) in [6, 6.07) is 7.70. The topological polar surface area (TPSA) is 53.1 Å². The van der Waals surface area contributed by atoms with Crippen LogP contribution in [-0.4, -0.2) is 15.7 Å². The molecule has 4 heteroatoms. The molecule has 1 aromatic carbocycles. The Hall–Kier alpha value is -1.97. The van der Waals surface area contributed by atoms with E-state index >= 15 is 0 Å². The van der Waals surface area contributed by atoms with Gasteiger partial charge in [0.25, 0.3) is 0 Å². The molecule has 0 spiro atoms. The quantitative estimate of drug-likeness (QED) is 0.776. The van der Waals surface area contributed by atoms with Gasteiger partial charge in [-0.15, -0.1) is 0 Å². The zero-order valence-corrected chi connectivity index (χ0v) is 13.7. The van der Waals surface area contributed by atoms with E-state index in [1.807, 2.05) is 43.0 Å². The molecule has 0 saturated heterocycles. The summed E-state index contributed by atoms with van der Waals surface area (Å²) >= 11 is 0. The molecule has 1 fully saturated rings. The van der Waals surface area contributed by atoms with Gasteiger partial charge in [0.05, 0.1) is 12.9 Å². The number of hydrogen-bond acceptors (Lipinski definition) is 3. The van der Waals surface area contributed by atoms with Gasteiger partial charge in [-0.1, -0.05) is 32.1 Å². The van der Waals surface area contributed by atoms with Crippen LogP contribution in [0.3, 0.4) is 0 Å². The summed E-state index contributed by atoms with van der Waals surface area (Å²) in [5.74, 6) is 1.78. The van der Waals surface area contributed by atoms with Gasteiger partial charge in [-0.2, -0.15) is 0 Å². The van der Waals surface area contributed by atoms with Crippen LogP contribution in [0, 0.1) is 5.92 Å². The molecule has 1 heterocycles. The van der Waals surface area contributed by atoms with Gasteiger partial charge in [-0.25, -0.2) is 4.98 Å². The Balaban J connectivity index is 1.59. The predicted molar refractivity (Wildman–Crippen MR) is 93.3 cm³/mol. The molecule has 23 heavy (non-hydrogen) atoms. The summed E-state index contributed by atoms with van der Waals surface area (Å²) in [4.78, 5) is 4.13. The zero-order valence-electron chi connectivity index (χ0n) is 13.7. The lowest BCUT2D eigenvalue weighted by molar-refractivity contribution is 0.155. The van der Waals surface area contributed by atoms with Gasteiger partial charge in [0, 0.05) is 18.1 Å². The molecule has 0 radical (unpaired) electrons. The normalized spacial score (nSPS) is 17.0. The summed E-state index contributed by atoms with van der Waals surface area (Å²) in [5.41, 5.74) is 6.52. The van der Waals surface area contributed by atoms with Gasteiger partial charge in [0.1, 0.15) is 11.9 Å². The van der Waals surface area contributed by atoms with Crippen molar-refractivity contribution < 1.29 is 4.74 Å². The maximum atomic E-state index is 6.23. The third-order valence-electron chi connectivity index (χ3n) is 4.78. The second-order valence-corrected chi connectivity index (χ2v) is 6.65. The minimum Gasteiger partial charge on any atom is -0.489 e. The van der Waals surface area contributed by atoms with Gasteiger partial charge in [-0.3, -0.25) is 0 Å². The molecule has 1 saturated carbocycles.